The highest BCUT2D eigenvalue weighted by molar-refractivity contribution is 6.73. The van der Waals surface area contributed by atoms with E-state index in [1.165, 1.54) is 17.2 Å². The van der Waals surface area contributed by atoms with Crippen LogP contribution in [0.15, 0.2) is 24.8 Å². The van der Waals surface area contributed by atoms with Gasteiger partial charge >= 0.3 is 6.98 Å². The molecule has 0 aliphatic heterocycles. The number of hydrogen-bond donors (Lipinski definition) is 0. The van der Waals surface area contributed by atoms with Gasteiger partial charge in [-0.15, -0.1) is 0 Å². The number of aromatic nitrogens is 4. The number of aryl methyl sites for hydroxylation is 1. The maximum atomic E-state index is 12.5. The molecule has 0 amide bonds. The monoisotopic (exact) mass is 257 g/mol. The summed E-state index contributed by atoms with van der Waals surface area (Å²) in [6.45, 7) is -5.04. The van der Waals surface area contributed by atoms with Crippen LogP contribution in [0.1, 0.15) is 5.82 Å². The molecule has 0 aromatic carbocycles. The Labute approximate surface area is 101 Å². The van der Waals surface area contributed by atoms with Crippen molar-refractivity contribution in [3.05, 3.63) is 30.6 Å². The summed E-state index contributed by atoms with van der Waals surface area (Å²) in [6, 6.07) is 0.920. The van der Waals surface area contributed by atoms with Gasteiger partial charge < -0.3 is 17.7 Å². The Bertz CT molecular complexity index is 543. The Morgan fingerprint density at radius 1 is 1.33 bits per heavy atom. The maximum absolute atomic E-state index is 12.5. The van der Waals surface area contributed by atoms with Gasteiger partial charge in [-0.05, 0) is 6.07 Å². The van der Waals surface area contributed by atoms with Gasteiger partial charge in [0.1, 0.15) is 18.7 Å². The fraction of sp³-hybridized carbons (Fsp3) is 0.222. The molecule has 0 radical (unpaired) electrons. The smallest absolute Gasteiger partial charge is 0.484 e. The first kappa shape index (κ1) is 12.4. The molecule has 0 bridgehead atoms. The Kier molecular flexibility index (Phi) is 3.22. The van der Waals surface area contributed by atoms with Crippen molar-refractivity contribution in [3.8, 4) is 5.75 Å². The van der Waals surface area contributed by atoms with E-state index in [1.807, 2.05) is 0 Å². The topological polar surface area (TPSA) is 52.8 Å². The summed E-state index contributed by atoms with van der Waals surface area (Å²) >= 11 is 0. The van der Waals surface area contributed by atoms with Crippen molar-refractivity contribution in [2.45, 2.75) is 6.61 Å². The van der Waals surface area contributed by atoms with Crippen LogP contribution in [0.5, 0.6) is 5.75 Å². The summed E-state index contributed by atoms with van der Waals surface area (Å²) < 4.78 is 44.1. The second kappa shape index (κ2) is 4.67. The standard InChI is InChI=1S/C9H9BF3N4O/c1-17-9(15-6-16-17)5-18-8-2-7(3-14-4-8)10(11,12)13/h2-4,6H,5H2,1H3/q-1. The quantitative estimate of drug-likeness (QED) is 0.761. The molecule has 2 aromatic rings. The van der Waals surface area contributed by atoms with Crippen molar-refractivity contribution >= 4 is 12.4 Å². The fourth-order valence-corrected chi connectivity index (χ4v) is 1.29. The number of halogens is 3. The van der Waals surface area contributed by atoms with Gasteiger partial charge in [0.2, 0.25) is 0 Å². The fourth-order valence-electron chi connectivity index (χ4n) is 1.29. The second-order valence-corrected chi connectivity index (χ2v) is 3.62. The van der Waals surface area contributed by atoms with Crippen LogP contribution in [-0.4, -0.2) is 26.7 Å². The van der Waals surface area contributed by atoms with Gasteiger partial charge in [0.25, 0.3) is 0 Å². The highest BCUT2D eigenvalue weighted by atomic mass is 19.4. The summed E-state index contributed by atoms with van der Waals surface area (Å²) in [5.41, 5.74) is -0.787. The highest BCUT2D eigenvalue weighted by Crippen LogP contribution is 2.13. The SMILES string of the molecule is Cn1ncnc1COc1cncc([B-](F)(F)F)c1. The zero-order chi connectivity index (χ0) is 13.2. The largest absolute Gasteiger partial charge is 0.511 e. The lowest BCUT2D eigenvalue weighted by molar-refractivity contribution is 0.288. The molecule has 0 saturated carbocycles. The van der Waals surface area contributed by atoms with E-state index in [0.717, 1.165) is 12.3 Å². The third-order valence-electron chi connectivity index (χ3n) is 2.29. The Hall–Kier alpha value is -2.06. The molecule has 2 heterocycles. The second-order valence-electron chi connectivity index (χ2n) is 3.62. The van der Waals surface area contributed by atoms with Crippen molar-refractivity contribution in [2.24, 2.45) is 7.05 Å². The van der Waals surface area contributed by atoms with Crippen LogP contribution < -0.4 is 10.2 Å². The number of ether oxygens (including phenoxy) is 1. The molecule has 0 N–H and O–H groups in total. The van der Waals surface area contributed by atoms with E-state index < -0.39 is 12.4 Å². The number of pyridine rings is 1. The van der Waals surface area contributed by atoms with Crippen LogP contribution in [-0.2, 0) is 13.7 Å². The van der Waals surface area contributed by atoms with Gasteiger partial charge in [0.15, 0.2) is 5.82 Å². The van der Waals surface area contributed by atoms with Crippen LogP contribution in [0.25, 0.3) is 0 Å². The molecule has 0 aliphatic carbocycles. The van der Waals surface area contributed by atoms with E-state index in [9.17, 15) is 12.9 Å². The van der Waals surface area contributed by atoms with Gasteiger partial charge in [-0.25, -0.2) is 4.98 Å². The van der Waals surface area contributed by atoms with E-state index in [1.54, 1.807) is 7.05 Å². The molecule has 5 nitrogen and oxygen atoms in total. The van der Waals surface area contributed by atoms with Gasteiger partial charge in [-0.1, -0.05) is 5.46 Å². The van der Waals surface area contributed by atoms with Crippen molar-refractivity contribution in [2.75, 3.05) is 0 Å². The first-order valence-electron chi connectivity index (χ1n) is 5.07. The lowest BCUT2D eigenvalue weighted by atomic mass is 9.81. The van der Waals surface area contributed by atoms with E-state index in [4.69, 9.17) is 4.74 Å². The summed E-state index contributed by atoms with van der Waals surface area (Å²) in [5, 5.41) is 3.82. The van der Waals surface area contributed by atoms with E-state index >= 15 is 0 Å². The minimum atomic E-state index is -5.07. The van der Waals surface area contributed by atoms with Crippen LogP contribution in [0.4, 0.5) is 12.9 Å². The van der Waals surface area contributed by atoms with Crippen LogP contribution in [0.3, 0.4) is 0 Å². The predicted octanol–water partition coefficient (Wildman–Crippen LogP) is 0.844. The average molecular weight is 257 g/mol. The Balaban J connectivity index is 2.09. The third-order valence-corrected chi connectivity index (χ3v) is 2.29. The normalized spacial score (nSPS) is 11.6. The number of rotatable bonds is 4. The van der Waals surface area contributed by atoms with Gasteiger partial charge in [-0.2, -0.15) is 5.10 Å². The van der Waals surface area contributed by atoms with Gasteiger partial charge in [0.05, 0.1) is 6.20 Å². The van der Waals surface area contributed by atoms with E-state index in [-0.39, 0.29) is 12.4 Å². The summed E-state index contributed by atoms with van der Waals surface area (Å²) in [6.07, 6.45) is 3.34. The zero-order valence-corrected chi connectivity index (χ0v) is 9.42. The molecule has 2 aromatic heterocycles. The molecule has 0 atom stereocenters. The first-order valence-corrected chi connectivity index (χ1v) is 5.07. The molecule has 0 aliphatic rings. The van der Waals surface area contributed by atoms with Crippen molar-refractivity contribution < 1.29 is 17.7 Å². The molecular weight excluding hydrogens is 248 g/mol. The Morgan fingerprint density at radius 3 is 2.72 bits per heavy atom. The number of nitrogens with zero attached hydrogens (tertiary/aromatic N) is 4. The van der Waals surface area contributed by atoms with Crippen molar-refractivity contribution in [1.29, 1.82) is 0 Å². The van der Waals surface area contributed by atoms with E-state index in [2.05, 4.69) is 15.1 Å². The lowest BCUT2D eigenvalue weighted by Crippen LogP contribution is -2.34. The van der Waals surface area contributed by atoms with Crippen LogP contribution in [0, 0.1) is 0 Å². The lowest BCUT2D eigenvalue weighted by Gasteiger charge is -2.15. The van der Waals surface area contributed by atoms with Crippen molar-refractivity contribution in [1.82, 2.24) is 19.7 Å². The van der Waals surface area contributed by atoms with Crippen molar-refractivity contribution in [3.63, 3.8) is 0 Å². The predicted molar refractivity (Wildman–Crippen MR) is 58.3 cm³/mol. The first-order chi connectivity index (χ1) is 8.47. The zero-order valence-electron chi connectivity index (χ0n) is 9.42. The molecule has 0 saturated heterocycles. The molecule has 96 valence electrons. The highest BCUT2D eigenvalue weighted by Gasteiger charge is 2.26. The molecular formula is C9H9BF3N4O-. The maximum Gasteiger partial charge on any atom is 0.511 e. The minimum Gasteiger partial charge on any atom is -0.484 e. The summed E-state index contributed by atoms with van der Waals surface area (Å²) in [5.74, 6) is 0.563. The van der Waals surface area contributed by atoms with Crippen LogP contribution in [0.2, 0.25) is 0 Å². The molecule has 0 spiro atoms. The molecule has 2 rings (SSSR count). The van der Waals surface area contributed by atoms with Gasteiger partial charge in [-0.3, -0.25) is 9.67 Å². The summed E-state index contributed by atoms with van der Waals surface area (Å²) in [7, 11) is 1.67. The van der Waals surface area contributed by atoms with Crippen LogP contribution >= 0.6 is 0 Å². The third kappa shape index (κ3) is 2.79. The number of hydrogen-bond acceptors (Lipinski definition) is 4. The average Bonchev–Trinajstić information content (AvgIpc) is 2.72. The molecule has 0 fully saturated rings. The summed E-state index contributed by atoms with van der Waals surface area (Å²) in [4.78, 5) is 7.39. The molecule has 0 unspecified atom stereocenters. The minimum absolute atomic E-state index is 0.0342. The Morgan fingerprint density at radius 2 is 2.11 bits per heavy atom. The van der Waals surface area contributed by atoms with E-state index in [0.29, 0.717) is 5.82 Å². The molecule has 18 heavy (non-hydrogen) atoms. The molecule has 9 heteroatoms. The van der Waals surface area contributed by atoms with Gasteiger partial charge in [0, 0.05) is 13.2 Å².